The largest absolute Gasteiger partial charge is 0.507 e. The van der Waals surface area contributed by atoms with Gasteiger partial charge in [0.15, 0.2) is 0 Å². The molecule has 0 amide bonds. The number of hydrogen-bond acceptors (Lipinski definition) is 4. The van der Waals surface area contributed by atoms with E-state index in [1.165, 1.54) is 0 Å². The summed E-state index contributed by atoms with van der Waals surface area (Å²) in [6, 6.07) is 1.76. The minimum absolute atomic E-state index is 0.0628. The second-order valence-electron chi connectivity index (χ2n) is 8.46. The van der Waals surface area contributed by atoms with Crippen molar-refractivity contribution < 1.29 is 24.9 Å². The first-order valence-corrected chi connectivity index (χ1v) is 9.83. The quantitative estimate of drug-likeness (QED) is 0.520. The maximum absolute atomic E-state index is 11.9. The lowest BCUT2D eigenvalue weighted by molar-refractivity contribution is -0.144. The van der Waals surface area contributed by atoms with E-state index >= 15 is 0 Å². The van der Waals surface area contributed by atoms with Gasteiger partial charge in [0, 0.05) is 11.5 Å². The van der Waals surface area contributed by atoms with Gasteiger partial charge in [-0.05, 0) is 58.1 Å². The molecule has 0 radical (unpaired) electrons. The van der Waals surface area contributed by atoms with Crippen LogP contribution in [-0.4, -0.2) is 32.5 Å². The third kappa shape index (κ3) is 3.12. The fraction of sp³-hybridized carbons (Fsp3) is 0.591. The number of carboxylic acid groups (broad SMARTS) is 1. The van der Waals surface area contributed by atoms with Gasteiger partial charge >= 0.3 is 5.97 Å². The summed E-state index contributed by atoms with van der Waals surface area (Å²) in [4.78, 5) is 11.9. The Kier molecular flexibility index (Phi) is 5.02. The second kappa shape index (κ2) is 6.86. The molecule has 0 unspecified atom stereocenters. The highest BCUT2D eigenvalue weighted by atomic mass is 16.5. The molecular weight excluding hydrogens is 344 g/mol. The molecule has 3 N–H and O–H groups in total. The lowest BCUT2D eigenvalue weighted by atomic mass is 9.64. The Labute approximate surface area is 160 Å². The molecule has 148 valence electrons. The van der Waals surface area contributed by atoms with Crippen molar-refractivity contribution in [2.24, 2.45) is 0 Å². The van der Waals surface area contributed by atoms with Crippen LogP contribution in [0.5, 0.6) is 11.5 Å². The van der Waals surface area contributed by atoms with Crippen LogP contribution in [0.3, 0.4) is 0 Å². The van der Waals surface area contributed by atoms with Crippen LogP contribution in [0.15, 0.2) is 17.7 Å². The van der Waals surface area contributed by atoms with Crippen molar-refractivity contribution in [2.45, 2.75) is 83.3 Å². The topological polar surface area (TPSA) is 87.0 Å². The number of rotatable bonds is 5. The van der Waals surface area contributed by atoms with Gasteiger partial charge < -0.3 is 20.1 Å². The number of ether oxygens (including phenoxy) is 1. The molecule has 0 spiro atoms. The normalized spacial score (nSPS) is 25.8. The van der Waals surface area contributed by atoms with Crippen LogP contribution in [0.1, 0.15) is 87.2 Å². The molecule has 0 saturated carbocycles. The fourth-order valence-corrected chi connectivity index (χ4v) is 4.51. The zero-order valence-electron chi connectivity index (χ0n) is 16.6. The molecule has 1 aliphatic carbocycles. The number of hydrogen-bond donors (Lipinski definition) is 3. The number of fused-ring (bicyclic) bond motifs is 3. The van der Waals surface area contributed by atoms with Crippen LogP contribution >= 0.6 is 0 Å². The molecule has 1 aliphatic heterocycles. The lowest BCUT2D eigenvalue weighted by Crippen LogP contribution is -2.60. The number of unbranched alkanes of at least 4 members (excludes halogenated alkanes) is 2. The molecule has 2 atom stereocenters. The van der Waals surface area contributed by atoms with Gasteiger partial charge in [-0.2, -0.15) is 0 Å². The molecule has 1 aromatic carbocycles. The zero-order valence-corrected chi connectivity index (χ0v) is 16.6. The summed E-state index contributed by atoms with van der Waals surface area (Å²) in [7, 11) is 0. The minimum atomic E-state index is -1.20. The first kappa shape index (κ1) is 19.7. The average Bonchev–Trinajstić information content (AvgIpc) is 2.56. The lowest BCUT2D eigenvalue weighted by Gasteiger charge is -2.52. The molecule has 0 aromatic heterocycles. The molecule has 0 fully saturated rings. The maximum Gasteiger partial charge on any atom is 0.339 e. The number of phenols is 1. The van der Waals surface area contributed by atoms with Crippen molar-refractivity contribution in [3.05, 3.63) is 34.4 Å². The van der Waals surface area contributed by atoms with Crippen molar-refractivity contribution >= 4 is 5.97 Å². The van der Waals surface area contributed by atoms with Crippen molar-refractivity contribution in [2.75, 3.05) is 0 Å². The van der Waals surface area contributed by atoms with Crippen LogP contribution in [0.2, 0.25) is 0 Å². The van der Waals surface area contributed by atoms with Gasteiger partial charge in [-0.15, -0.1) is 0 Å². The number of aromatic hydroxyl groups is 1. The van der Waals surface area contributed by atoms with E-state index in [2.05, 4.69) is 6.92 Å². The Morgan fingerprint density at radius 2 is 2.04 bits per heavy atom. The number of aryl methyl sites for hydroxylation is 1. The average molecular weight is 374 g/mol. The van der Waals surface area contributed by atoms with Gasteiger partial charge in [0.05, 0.1) is 0 Å². The molecule has 27 heavy (non-hydrogen) atoms. The maximum atomic E-state index is 11.9. The summed E-state index contributed by atoms with van der Waals surface area (Å²) >= 11 is 0. The van der Waals surface area contributed by atoms with Gasteiger partial charge in [0.25, 0.3) is 0 Å². The van der Waals surface area contributed by atoms with Crippen molar-refractivity contribution in [1.29, 1.82) is 0 Å². The number of aromatic carboxylic acids is 1. The Balaban J connectivity index is 2.21. The van der Waals surface area contributed by atoms with Gasteiger partial charge in [-0.3, -0.25) is 0 Å². The van der Waals surface area contributed by atoms with E-state index in [0.29, 0.717) is 29.7 Å². The molecule has 2 aliphatic rings. The van der Waals surface area contributed by atoms with Gasteiger partial charge in [-0.1, -0.05) is 31.4 Å². The number of carbonyl (C=O) groups is 1. The van der Waals surface area contributed by atoms with Crippen LogP contribution in [0, 0.1) is 0 Å². The summed E-state index contributed by atoms with van der Waals surface area (Å²) in [5.74, 6) is -1.43. The zero-order chi connectivity index (χ0) is 20.0. The summed E-state index contributed by atoms with van der Waals surface area (Å²) < 4.78 is 6.16. The molecule has 3 rings (SSSR count). The predicted molar refractivity (Wildman–Crippen MR) is 104 cm³/mol. The van der Waals surface area contributed by atoms with E-state index in [4.69, 9.17) is 4.74 Å². The third-order valence-electron chi connectivity index (χ3n) is 6.23. The van der Waals surface area contributed by atoms with Crippen LogP contribution in [0.4, 0.5) is 0 Å². The van der Waals surface area contributed by atoms with E-state index in [9.17, 15) is 20.1 Å². The van der Waals surface area contributed by atoms with E-state index in [1.54, 1.807) is 6.07 Å². The molecule has 1 heterocycles. The number of carboxylic acids is 1. The summed E-state index contributed by atoms with van der Waals surface area (Å²) in [6.07, 6.45) is 6.66. The highest BCUT2D eigenvalue weighted by molar-refractivity contribution is 5.94. The number of allylic oxidation sites excluding steroid dienone is 1. The third-order valence-corrected chi connectivity index (χ3v) is 6.23. The van der Waals surface area contributed by atoms with E-state index in [-0.39, 0.29) is 11.3 Å². The molecule has 5 nitrogen and oxygen atoms in total. The van der Waals surface area contributed by atoms with Gasteiger partial charge in [-0.25, -0.2) is 4.79 Å². The SMILES string of the molecule is CCCCCc1cc2c(c(O)c1C(=O)O)[C@@H]1C=C(C)CC[C@@]1(O)C(C)(C)O2. The Morgan fingerprint density at radius 3 is 2.67 bits per heavy atom. The molecule has 5 heteroatoms. The first-order chi connectivity index (χ1) is 12.6. The summed E-state index contributed by atoms with van der Waals surface area (Å²) in [5, 5.41) is 32.1. The van der Waals surface area contributed by atoms with Crippen LogP contribution < -0.4 is 4.74 Å². The van der Waals surface area contributed by atoms with Crippen molar-refractivity contribution in [3.63, 3.8) is 0 Å². The first-order valence-electron chi connectivity index (χ1n) is 9.83. The summed E-state index contributed by atoms with van der Waals surface area (Å²) in [6.45, 7) is 7.80. The van der Waals surface area contributed by atoms with Crippen molar-refractivity contribution in [1.82, 2.24) is 0 Å². The van der Waals surface area contributed by atoms with Crippen LogP contribution in [0.25, 0.3) is 0 Å². The van der Waals surface area contributed by atoms with E-state index in [0.717, 1.165) is 31.3 Å². The standard InChI is InChI=1S/C22H30O5/c1-5-6-7-8-14-12-16-18(19(23)17(14)20(24)25)15-11-13(2)9-10-22(15,26)21(3,4)27-16/h11-12,15,23,26H,5-10H2,1-4H3,(H,24,25)/t15-,22-/m0/s1. The Bertz CT molecular complexity index is 792. The molecule has 0 bridgehead atoms. The molecule has 0 saturated heterocycles. The van der Waals surface area contributed by atoms with Gasteiger partial charge in [0.2, 0.25) is 0 Å². The highest BCUT2D eigenvalue weighted by Gasteiger charge is 2.57. The number of aliphatic hydroxyl groups is 1. The molecular formula is C22H30O5. The summed E-state index contributed by atoms with van der Waals surface area (Å²) in [5.41, 5.74) is -0.00261. The van der Waals surface area contributed by atoms with Gasteiger partial charge in [0.1, 0.15) is 28.3 Å². The monoisotopic (exact) mass is 374 g/mol. The Hall–Kier alpha value is -2.01. The predicted octanol–water partition coefficient (Wildman–Crippen LogP) is 4.55. The fourth-order valence-electron chi connectivity index (χ4n) is 4.51. The highest BCUT2D eigenvalue weighted by Crippen LogP contribution is 2.56. The Morgan fingerprint density at radius 1 is 1.33 bits per heavy atom. The van der Waals surface area contributed by atoms with Crippen molar-refractivity contribution in [3.8, 4) is 11.5 Å². The minimum Gasteiger partial charge on any atom is -0.507 e. The second-order valence-corrected chi connectivity index (χ2v) is 8.46. The number of benzene rings is 1. The van der Waals surface area contributed by atoms with Crippen LogP contribution in [-0.2, 0) is 6.42 Å². The smallest absolute Gasteiger partial charge is 0.339 e. The van der Waals surface area contributed by atoms with E-state index in [1.807, 2.05) is 26.8 Å². The van der Waals surface area contributed by atoms with E-state index < -0.39 is 23.1 Å². The molecule has 1 aromatic rings.